The molecule has 0 spiro atoms. The highest BCUT2D eigenvalue weighted by Gasteiger charge is 2.20. The number of hydrogen-bond acceptors (Lipinski definition) is 5. The average molecular weight is 370 g/mol. The second-order valence-electron chi connectivity index (χ2n) is 6.00. The molecule has 0 radical (unpaired) electrons. The molecule has 7 nitrogen and oxygen atoms in total. The van der Waals surface area contributed by atoms with Crippen LogP contribution in [-0.4, -0.2) is 37.0 Å². The number of nitrogens with two attached hydrogens (primary N) is 1. The summed E-state index contributed by atoms with van der Waals surface area (Å²) in [5.74, 6) is -1.55. The molecule has 0 aliphatic heterocycles. The first-order chi connectivity index (χ1) is 12.9. The molecule has 0 aromatic heterocycles. The van der Waals surface area contributed by atoms with Crippen LogP contribution in [0.25, 0.3) is 0 Å². The molecule has 2 rings (SSSR count). The van der Waals surface area contributed by atoms with E-state index in [1.165, 1.54) is 12.1 Å². The van der Waals surface area contributed by atoms with Crippen LogP contribution in [0.4, 0.5) is 5.69 Å². The van der Waals surface area contributed by atoms with E-state index in [1.54, 1.807) is 17.0 Å². The molecule has 2 aromatic carbocycles. The predicted octanol–water partition coefficient (Wildman–Crippen LogP) is 2.15. The maximum Gasteiger partial charge on any atom is 0.344 e. The van der Waals surface area contributed by atoms with Crippen molar-refractivity contribution in [2.75, 3.05) is 18.1 Å². The van der Waals surface area contributed by atoms with Gasteiger partial charge in [-0.15, -0.1) is 0 Å². The Morgan fingerprint density at radius 1 is 0.963 bits per heavy atom. The van der Waals surface area contributed by atoms with Crippen molar-refractivity contribution in [3.63, 3.8) is 0 Å². The Morgan fingerprint density at radius 3 is 2.22 bits per heavy atom. The number of hydrogen-bond donors (Lipinski definition) is 1. The standard InChI is InChI=1S/C20H22N2O5/c1-14(2)22(15-8-4-3-5-9-15)18(23)12-27-19(24)13-26-17-11-7-6-10-16(17)20(21)25/h3-11,14H,12-13H2,1-2H3,(H2,21,25). The Morgan fingerprint density at radius 2 is 1.59 bits per heavy atom. The molecule has 0 fully saturated rings. The molecule has 0 saturated heterocycles. The molecule has 2 N–H and O–H groups in total. The third-order valence-electron chi connectivity index (χ3n) is 3.67. The van der Waals surface area contributed by atoms with Crippen molar-refractivity contribution in [1.82, 2.24) is 0 Å². The Balaban J connectivity index is 1.91. The van der Waals surface area contributed by atoms with Gasteiger partial charge in [0.2, 0.25) is 0 Å². The first kappa shape index (κ1) is 20.0. The summed E-state index contributed by atoms with van der Waals surface area (Å²) < 4.78 is 10.3. The van der Waals surface area contributed by atoms with Gasteiger partial charge < -0.3 is 20.1 Å². The molecule has 0 atom stereocenters. The first-order valence-electron chi connectivity index (χ1n) is 8.44. The number of para-hydroxylation sites is 2. The lowest BCUT2D eigenvalue weighted by molar-refractivity contribution is -0.149. The van der Waals surface area contributed by atoms with E-state index in [2.05, 4.69) is 0 Å². The number of carbonyl (C=O) groups is 3. The van der Waals surface area contributed by atoms with Crippen LogP contribution in [0.15, 0.2) is 54.6 Å². The fourth-order valence-corrected chi connectivity index (χ4v) is 2.50. The van der Waals surface area contributed by atoms with E-state index in [0.29, 0.717) is 0 Å². The van der Waals surface area contributed by atoms with Crippen molar-refractivity contribution in [2.45, 2.75) is 19.9 Å². The van der Waals surface area contributed by atoms with Gasteiger partial charge in [0.15, 0.2) is 13.2 Å². The van der Waals surface area contributed by atoms with Crippen LogP contribution in [0.1, 0.15) is 24.2 Å². The van der Waals surface area contributed by atoms with Gasteiger partial charge in [-0.2, -0.15) is 0 Å². The quantitative estimate of drug-likeness (QED) is 0.718. The number of carbonyl (C=O) groups excluding carboxylic acids is 3. The topological polar surface area (TPSA) is 98.9 Å². The minimum absolute atomic E-state index is 0.0997. The zero-order chi connectivity index (χ0) is 19.8. The fraction of sp³-hybridized carbons (Fsp3) is 0.250. The van der Waals surface area contributed by atoms with Gasteiger partial charge in [-0.1, -0.05) is 30.3 Å². The molecule has 0 aliphatic carbocycles. The van der Waals surface area contributed by atoms with Gasteiger partial charge >= 0.3 is 5.97 Å². The van der Waals surface area contributed by atoms with Crippen LogP contribution in [0.3, 0.4) is 0 Å². The van der Waals surface area contributed by atoms with Crippen molar-refractivity contribution in [2.24, 2.45) is 5.73 Å². The lowest BCUT2D eigenvalue weighted by atomic mass is 10.2. The minimum atomic E-state index is -0.723. The highest BCUT2D eigenvalue weighted by atomic mass is 16.6. The molecule has 0 aliphatic rings. The van der Waals surface area contributed by atoms with E-state index >= 15 is 0 Å². The van der Waals surface area contributed by atoms with Crippen molar-refractivity contribution >= 4 is 23.5 Å². The number of anilines is 1. The van der Waals surface area contributed by atoms with Gasteiger partial charge in [0, 0.05) is 11.7 Å². The van der Waals surface area contributed by atoms with E-state index < -0.39 is 25.1 Å². The van der Waals surface area contributed by atoms with Crippen molar-refractivity contribution in [3.8, 4) is 5.75 Å². The van der Waals surface area contributed by atoms with Crippen LogP contribution in [0.5, 0.6) is 5.75 Å². The first-order valence-corrected chi connectivity index (χ1v) is 8.44. The minimum Gasteiger partial charge on any atom is -0.481 e. The normalized spacial score (nSPS) is 10.3. The van der Waals surface area contributed by atoms with E-state index in [0.717, 1.165) is 5.69 Å². The van der Waals surface area contributed by atoms with Crippen LogP contribution in [0.2, 0.25) is 0 Å². The highest BCUT2D eigenvalue weighted by molar-refractivity contribution is 5.96. The van der Waals surface area contributed by atoms with Gasteiger partial charge in [-0.25, -0.2) is 4.79 Å². The number of ether oxygens (including phenoxy) is 2. The summed E-state index contributed by atoms with van der Waals surface area (Å²) in [4.78, 5) is 37.2. The summed E-state index contributed by atoms with van der Waals surface area (Å²) in [7, 11) is 0. The summed E-state index contributed by atoms with van der Waals surface area (Å²) in [6.45, 7) is 2.89. The molecule has 0 saturated carbocycles. The molecule has 0 heterocycles. The Labute approximate surface area is 157 Å². The number of primary amides is 1. The molecule has 142 valence electrons. The average Bonchev–Trinajstić information content (AvgIpc) is 2.65. The summed E-state index contributed by atoms with van der Waals surface area (Å²) in [6.07, 6.45) is 0. The van der Waals surface area contributed by atoms with Crippen LogP contribution >= 0.6 is 0 Å². The molecule has 2 amide bonds. The molecule has 0 bridgehead atoms. The summed E-state index contributed by atoms with van der Waals surface area (Å²) in [5.41, 5.74) is 6.14. The molecule has 27 heavy (non-hydrogen) atoms. The number of nitrogens with zero attached hydrogens (tertiary/aromatic N) is 1. The molecule has 0 unspecified atom stereocenters. The zero-order valence-electron chi connectivity index (χ0n) is 15.3. The number of benzene rings is 2. The maximum absolute atomic E-state index is 12.5. The second-order valence-corrected chi connectivity index (χ2v) is 6.00. The van der Waals surface area contributed by atoms with Gasteiger partial charge in [-0.05, 0) is 38.1 Å². The van der Waals surface area contributed by atoms with E-state index in [4.69, 9.17) is 15.2 Å². The van der Waals surface area contributed by atoms with Crippen LogP contribution < -0.4 is 15.4 Å². The summed E-state index contributed by atoms with van der Waals surface area (Å²) >= 11 is 0. The predicted molar refractivity (Wildman–Crippen MR) is 100 cm³/mol. The van der Waals surface area contributed by atoms with Gasteiger partial charge in [0.1, 0.15) is 5.75 Å². The van der Waals surface area contributed by atoms with E-state index in [9.17, 15) is 14.4 Å². The molecule has 2 aromatic rings. The van der Waals surface area contributed by atoms with Crippen molar-refractivity contribution in [3.05, 3.63) is 60.2 Å². The lowest BCUT2D eigenvalue weighted by Gasteiger charge is -2.26. The Bertz CT molecular complexity index is 805. The summed E-state index contributed by atoms with van der Waals surface area (Å²) in [5, 5.41) is 0. The summed E-state index contributed by atoms with van der Waals surface area (Å²) in [6, 6.07) is 15.3. The third-order valence-corrected chi connectivity index (χ3v) is 3.67. The van der Waals surface area contributed by atoms with Gasteiger partial charge in [0.05, 0.1) is 5.56 Å². The smallest absolute Gasteiger partial charge is 0.344 e. The molecular weight excluding hydrogens is 348 g/mol. The monoisotopic (exact) mass is 370 g/mol. The highest BCUT2D eigenvalue weighted by Crippen LogP contribution is 2.18. The third kappa shape index (κ3) is 5.57. The SMILES string of the molecule is CC(C)N(C(=O)COC(=O)COc1ccccc1C(N)=O)c1ccccc1. The number of amides is 2. The van der Waals surface area contributed by atoms with E-state index in [-0.39, 0.29) is 23.3 Å². The van der Waals surface area contributed by atoms with E-state index in [1.807, 2.05) is 44.2 Å². The largest absolute Gasteiger partial charge is 0.481 e. The molecular formula is C20H22N2O5. The van der Waals surface area contributed by atoms with Crippen LogP contribution in [-0.2, 0) is 14.3 Å². The van der Waals surface area contributed by atoms with Gasteiger partial charge in [0.25, 0.3) is 11.8 Å². The lowest BCUT2D eigenvalue weighted by Crippen LogP contribution is -2.40. The van der Waals surface area contributed by atoms with Crippen molar-refractivity contribution < 1.29 is 23.9 Å². The number of rotatable bonds is 8. The molecule has 7 heteroatoms. The van der Waals surface area contributed by atoms with Gasteiger partial charge in [-0.3, -0.25) is 9.59 Å². The maximum atomic E-state index is 12.5. The Kier molecular flexibility index (Phi) is 6.93. The number of esters is 1. The van der Waals surface area contributed by atoms with Crippen LogP contribution in [0, 0.1) is 0 Å². The fourth-order valence-electron chi connectivity index (χ4n) is 2.50. The Hall–Kier alpha value is -3.35. The van der Waals surface area contributed by atoms with Crippen molar-refractivity contribution in [1.29, 1.82) is 0 Å². The zero-order valence-corrected chi connectivity index (χ0v) is 15.3. The second kappa shape index (κ2) is 9.38.